The lowest BCUT2D eigenvalue weighted by molar-refractivity contribution is 1.54. The Labute approximate surface area is 191 Å². The van der Waals surface area contributed by atoms with E-state index in [2.05, 4.69) is 121 Å². The molecular weight excluding hydrogens is 406 g/mol. The first kappa shape index (κ1) is 18.9. The van der Waals surface area contributed by atoms with Crippen LogP contribution in [0.2, 0.25) is 0 Å². The highest BCUT2D eigenvalue weighted by Gasteiger charge is 2.10. The van der Waals surface area contributed by atoms with Crippen LogP contribution in [-0.4, -0.2) is 0 Å². The number of thiophene rings is 1. The molecule has 6 rings (SSSR count). The molecule has 0 aliphatic rings. The monoisotopic (exact) mass is 427 g/mol. The van der Waals surface area contributed by atoms with Gasteiger partial charge in [0.15, 0.2) is 0 Å². The minimum Gasteiger partial charge on any atom is -0.356 e. The maximum Gasteiger partial charge on any atom is 0.0384 e. The van der Waals surface area contributed by atoms with Gasteiger partial charge >= 0.3 is 0 Å². The van der Waals surface area contributed by atoms with Crippen LogP contribution in [0.25, 0.3) is 42.4 Å². The number of nitrogens with one attached hydrogen (secondary N) is 1. The fraction of sp³-hybridized carbons (Fsp3) is 0. The van der Waals surface area contributed by atoms with Crippen molar-refractivity contribution in [3.63, 3.8) is 0 Å². The van der Waals surface area contributed by atoms with Crippen molar-refractivity contribution in [2.75, 3.05) is 5.32 Å². The number of benzene rings is 5. The summed E-state index contributed by atoms with van der Waals surface area (Å²) in [5.41, 5.74) is 7.16. The molecule has 0 radical (unpaired) electrons. The van der Waals surface area contributed by atoms with E-state index in [0.29, 0.717) is 0 Å². The molecule has 0 unspecified atom stereocenters. The Morgan fingerprint density at radius 3 is 1.78 bits per heavy atom. The van der Waals surface area contributed by atoms with Gasteiger partial charge in [0.2, 0.25) is 0 Å². The van der Waals surface area contributed by atoms with Gasteiger partial charge in [-0.15, -0.1) is 11.3 Å². The van der Waals surface area contributed by atoms with Gasteiger partial charge in [0.05, 0.1) is 0 Å². The van der Waals surface area contributed by atoms with Gasteiger partial charge in [0.1, 0.15) is 0 Å². The maximum absolute atomic E-state index is 3.53. The van der Waals surface area contributed by atoms with E-state index in [1.165, 1.54) is 42.4 Å². The van der Waals surface area contributed by atoms with Gasteiger partial charge in [-0.05, 0) is 58.7 Å². The summed E-state index contributed by atoms with van der Waals surface area (Å²) in [6.45, 7) is 0. The van der Waals surface area contributed by atoms with Crippen LogP contribution in [0.5, 0.6) is 0 Å². The molecule has 0 atom stereocenters. The van der Waals surface area contributed by atoms with E-state index in [-0.39, 0.29) is 0 Å². The number of hydrogen-bond donors (Lipinski definition) is 1. The summed E-state index contributed by atoms with van der Waals surface area (Å²) < 4.78 is 2.68. The third-order valence-electron chi connectivity index (χ3n) is 5.88. The molecule has 1 heterocycles. The summed E-state index contributed by atoms with van der Waals surface area (Å²) in [4.78, 5) is 0. The van der Waals surface area contributed by atoms with Gasteiger partial charge in [0, 0.05) is 31.5 Å². The molecule has 1 N–H and O–H groups in total. The van der Waals surface area contributed by atoms with Gasteiger partial charge in [-0.25, -0.2) is 0 Å². The molecule has 0 bridgehead atoms. The highest BCUT2D eigenvalue weighted by atomic mass is 32.1. The summed E-state index contributed by atoms with van der Waals surface area (Å²) in [6.07, 6.45) is 0. The van der Waals surface area contributed by atoms with Crippen LogP contribution >= 0.6 is 11.3 Å². The van der Waals surface area contributed by atoms with Crippen molar-refractivity contribution in [3.05, 3.63) is 121 Å². The molecule has 0 amide bonds. The first-order valence-electron chi connectivity index (χ1n) is 10.8. The van der Waals surface area contributed by atoms with Gasteiger partial charge in [0.25, 0.3) is 0 Å². The zero-order valence-electron chi connectivity index (χ0n) is 17.5. The predicted octanol–water partition coefficient (Wildman–Crippen LogP) is 9.13. The van der Waals surface area contributed by atoms with Gasteiger partial charge in [-0.1, -0.05) is 84.9 Å². The molecule has 2 heteroatoms. The van der Waals surface area contributed by atoms with Crippen molar-refractivity contribution < 1.29 is 0 Å². The summed E-state index contributed by atoms with van der Waals surface area (Å²) in [7, 11) is 0. The maximum atomic E-state index is 3.53. The lowest BCUT2D eigenvalue weighted by atomic mass is 9.99. The van der Waals surface area contributed by atoms with E-state index in [9.17, 15) is 0 Å². The van der Waals surface area contributed by atoms with Crippen LogP contribution in [0.15, 0.2) is 121 Å². The Morgan fingerprint density at radius 2 is 1.03 bits per heavy atom. The average molecular weight is 428 g/mol. The van der Waals surface area contributed by atoms with Crippen molar-refractivity contribution >= 4 is 42.9 Å². The van der Waals surface area contributed by atoms with E-state index in [1.807, 2.05) is 17.4 Å². The van der Waals surface area contributed by atoms with E-state index >= 15 is 0 Å². The van der Waals surface area contributed by atoms with Gasteiger partial charge < -0.3 is 5.32 Å². The molecule has 32 heavy (non-hydrogen) atoms. The number of hydrogen-bond acceptors (Lipinski definition) is 2. The van der Waals surface area contributed by atoms with Crippen LogP contribution in [0.1, 0.15) is 0 Å². The number of fused-ring (bicyclic) bond motifs is 3. The minimum absolute atomic E-state index is 1.09. The molecule has 1 nitrogen and oxygen atoms in total. The molecule has 0 saturated carbocycles. The second-order valence-electron chi connectivity index (χ2n) is 7.92. The largest absolute Gasteiger partial charge is 0.356 e. The molecule has 0 aliphatic heterocycles. The zero-order valence-corrected chi connectivity index (χ0v) is 18.3. The average Bonchev–Trinajstić information content (AvgIpc) is 3.25. The quantitative estimate of drug-likeness (QED) is 0.296. The third kappa shape index (κ3) is 3.45. The Bertz CT molecular complexity index is 1510. The molecule has 6 aromatic rings. The lowest BCUT2D eigenvalue weighted by Crippen LogP contribution is -1.90. The molecule has 5 aromatic carbocycles. The van der Waals surface area contributed by atoms with Crippen LogP contribution in [0, 0.1) is 0 Å². The lowest BCUT2D eigenvalue weighted by Gasteiger charge is -2.10. The summed E-state index contributed by atoms with van der Waals surface area (Å²) in [6, 6.07) is 43.1. The van der Waals surface area contributed by atoms with Gasteiger partial charge in [-0.2, -0.15) is 0 Å². The Morgan fingerprint density at radius 1 is 0.438 bits per heavy atom. The molecule has 0 aliphatic carbocycles. The van der Waals surface area contributed by atoms with Crippen molar-refractivity contribution in [1.29, 1.82) is 0 Å². The van der Waals surface area contributed by atoms with Crippen molar-refractivity contribution in [3.8, 4) is 22.3 Å². The first-order chi connectivity index (χ1) is 15.8. The van der Waals surface area contributed by atoms with Gasteiger partial charge in [-0.3, -0.25) is 0 Å². The standard InChI is InChI=1S/C30H21NS/c1-2-7-21(8-3-1)22-13-17-24(18-14-22)31-25-19-15-23(16-20-25)26-10-6-12-29-30(26)27-9-4-5-11-28(27)32-29/h1-20,31H. The first-order valence-corrected chi connectivity index (χ1v) is 11.6. The highest BCUT2D eigenvalue weighted by molar-refractivity contribution is 7.25. The van der Waals surface area contributed by atoms with E-state index in [1.54, 1.807) is 0 Å². The molecule has 0 spiro atoms. The van der Waals surface area contributed by atoms with Crippen LogP contribution in [0.4, 0.5) is 11.4 Å². The Kier molecular flexibility index (Phi) is 4.71. The summed E-state index contributed by atoms with van der Waals surface area (Å²) in [5, 5.41) is 6.21. The fourth-order valence-corrected chi connectivity index (χ4v) is 5.42. The molecular formula is C30H21NS. The molecule has 1 aromatic heterocycles. The highest BCUT2D eigenvalue weighted by Crippen LogP contribution is 2.40. The van der Waals surface area contributed by atoms with Crippen LogP contribution < -0.4 is 5.32 Å². The second kappa shape index (κ2) is 7.99. The molecule has 0 saturated heterocycles. The fourth-order valence-electron chi connectivity index (χ4n) is 4.29. The molecule has 0 fully saturated rings. The predicted molar refractivity (Wildman–Crippen MR) is 140 cm³/mol. The van der Waals surface area contributed by atoms with Crippen LogP contribution in [0.3, 0.4) is 0 Å². The zero-order chi connectivity index (χ0) is 21.3. The second-order valence-corrected chi connectivity index (χ2v) is 9.01. The topological polar surface area (TPSA) is 12.0 Å². The molecule has 152 valence electrons. The number of rotatable bonds is 4. The third-order valence-corrected chi connectivity index (χ3v) is 7.02. The van der Waals surface area contributed by atoms with Crippen LogP contribution in [-0.2, 0) is 0 Å². The Balaban J connectivity index is 1.28. The van der Waals surface area contributed by atoms with E-state index < -0.39 is 0 Å². The van der Waals surface area contributed by atoms with Crippen molar-refractivity contribution in [2.45, 2.75) is 0 Å². The smallest absolute Gasteiger partial charge is 0.0384 e. The summed E-state index contributed by atoms with van der Waals surface area (Å²) >= 11 is 1.86. The summed E-state index contributed by atoms with van der Waals surface area (Å²) in [5.74, 6) is 0. The van der Waals surface area contributed by atoms with Crippen molar-refractivity contribution in [1.82, 2.24) is 0 Å². The minimum atomic E-state index is 1.09. The number of anilines is 2. The SMILES string of the molecule is c1ccc(-c2ccc(Nc3ccc(-c4cccc5sc6ccccc6c45)cc3)cc2)cc1. The Hall–Kier alpha value is -3.88. The van der Waals surface area contributed by atoms with Crippen molar-refractivity contribution in [2.24, 2.45) is 0 Å². The van der Waals surface area contributed by atoms with E-state index in [4.69, 9.17) is 0 Å². The van der Waals surface area contributed by atoms with E-state index in [0.717, 1.165) is 11.4 Å². The normalized spacial score (nSPS) is 11.1.